The molecule has 0 spiro atoms. The van der Waals surface area contributed by atoms with Crippen molar-refractivity contribution in [2.45, 2.75) is 17.7 Å². The third-order valence-electron chi connectivity index (χ3n) is 3.87. The number of benzene rings is 2. The van der Waals surface area contributed by atoms with Crippen LogP contribution in [0.4, 0.5) is 0 Å². The quantitative estimate of drug-likeness (QED) is 0.535. The van der Waals surface area contributed by atoms with Crippen molar-refractivity contribution in [3.05, 3.63) is 65.7 Å². The second-order valence-corrected chi connectivity index (χ2v) is 8.26. The first-order valence-electron chi connectivity index (χ1n) is 8.42. The van der Waals surface area contributed by atoms with Crippen LogP contribution in [0.2, 0.25) is 0 Å². The van der Waals surface area contributed by atoms with Gasteiger partial charge < -0.3 is 0 Å². The lowest BCUT2D eigenvalue weighted by molar-refractivity contribution is -0.121. The Balaban J connectivity index is 1.90. The Bertz CT molecular complexity index is 972. The molecule has 0 fully saturated rings. The van der Waals surface area contributed by atoms with Crippen LogP contribution in [0.1, 0.15) is 33.6 Å². The number of rotatable bonds is 7. The number of Topliss-reactive ketones (excluding diaryl/α,β-unsaturated/α-hetero) is 1. The maximum atomic E-state index is 12.2. The van der Waals surface area contributed by atoms with Gasteiger partial charge >= 0.3 is 0 Å². The molecule has 28 heavy (non-hydrogen) atoms. The first kappa shape index (κ1) is 21.3. The summed E-state index contributed by atoms with van der Waals surface area (Å²) >= 11 is 0. The molecular formula is C19H21N3O5S. The highest BCUT2D eigenvalue weighted by Crippen LogP contribution is 2.14. The van der Waals surface area contributed by atoms with Crippen molar-refractivity contribution >= 4 is 27.6 Å². The summed E-state index contributed by atoms with van der Waals surface area (Å²) in [6.45, 7) is 0. The van der Waals surface area contributed by atoms with Gasteiger partial charge in [-0.05, 0) is 18.2 Å². The molecule has 0 aromatic heterocycles. The Kier molecular flexibility index (Phi) is 7.02. The minimum absolute atomic E-state index is 0.00226. The van der Waals surface area contributed by atoms with Gasteiger partial charge in [0.1, 0.15) is 0 Å². The topological polar surface area (TPSA) is 113 Å². The summed E-state index contributed by atoms with van der Waals surface area (Å²) in [6, 6.07) is 14.0. The Hall–Kier alpha value is -3.04. The maximum absolute atomic E-state index is 12.2. The zero-order valence-corrected chi connectivity index (χ0v) is 16.3. The van der Waals surface area contributed by atoms with E-state index in [2.05, 4.69) is 10.9 Å². The van der Waals surface area contributed by atoms with Crippen LogP contribution < -0.4 is 10.9 Å². The molecule has 2 aromatic carbocycles. The number of sulfonamides is 1. The molecule has 0 saturated heterocycles. The molecule has 0 heterocycles. The molecule has 0 unspecified atom stereocenters. The van der Waals surface area contributed by atoms with E-state index in [1.54, 1.807) is 30.3 Å². The van der Waals surface area contributed by atoms with Crippen molar-refractivity contribution in [2.24, 2.45) is 0 Å². The predicted molar refractivity (Wildman–Crippen MR) is 103 cm³/mol. The van der Waals surface area contributed by atoms with Gasteiger partial charge in [-0.15, -0.1) is 0 Å². The number of carbonyl (C=O) groups excluding carboxylic acids is 3. The number of hydrazine groups is 1. The molecule has 2 rings (SSSR count). The monoisotopic (exact) mass is 403 g/mol. The Morgan fingerprint density at radius 2 is 1.50 bits per heavy atom. The highest BCUT2D eigenvalue weighted by Gasteiger charge is 2.19. The molecule has 0 aliphatic heterocycles. The van der Waals surface area contributed by atoms with E-state index in [0.717, 1.165) is 4.31 Å². The molecule has 2 aromatic rings. The van der Waals surface area contributed by atoms with Gasteiger partial charge in [0.15, 0.2) is 5.78 Å². The highest BCUT2D eigenvalue weighted by molar-refractivity contribution is 7.89. The molecule has 0 saturated carbocycles. The third-order valence-corrected chi connectivity index (χ3v) is 5.68. The van der Waals surface area contributed by atoms with E-state index in [1.165, 1.54) is 38.4 Å². The molecule has 148 valence electrons. The average molecular weight is 403 g/mol. The molecule has 0 aliphatic carbocycles. The molecule has 9 heteroatoms. The fraction of sp³-hybridized carbons (Fsp3) is 0.211. The molecule has 0 atom stereocenters. The van der Waals surface area contributed by atoms with Crippen LogP contribution in [0, 0.1) is 0 Å². The number of amides is 2. The smallest absolute Gasteiger partial charge is 0.269 e. The van der Waals surface area contributed by atoms with Crippen LogP contribution in [-0.4, -0.2) is 44.4 Å². The second kappa shape index (κ2) is 9.25. The van der Waals surface area contributed by atoms with Crippen LogP contribution >= 0.6 is 0 Å². The number of hydrogen-bond acceptors (Lipinski definition) is 5. The maximum Gasteiger partial charge on any atom is 0.269 e. The van der Waals surface area contributed by atoms with Crippen molar-refractivity contribution in [3.8, 4) is 0 Å². The van der Waals surface area contributed by atoms with Crippen molar-refractivity contribution in [1.29, 1.82) is 0 Å². The summed E-state index contributed by atoms with van der Waals surface area (Å²) in [7, 11) is -0.904. The van der Waals surface area contributed by atoms with Crippen molar-refractivity contribution < 1.29 is 22.8 Å². The normalized spacial score (nSPS) is 11.1. The predicted octanol–water partition coefficient (Wildman–Crippen LogP) is 1.36. The standard InChI is InChI=1S/C19H21N3O5S/c1-22(2)28(26,27)16-10-6-9-15(13-16)19(25)21-20-18(24)12-11-17(23)14-7-4-3-5-8-14/h3-10,13H,11-12H2,1-2H3,(H,20,24)(H,21,25). The van der Waals surface area contributed by atoms with Gasteiger partial charge in [-0.1, -0.05) is 36.4 Å². The molecule has 2 amide bonds. The third kappa shape index (κ3) is 5.48. The molecule has 0 bridgehead atoms. The summed E-state index contributed by atoms with van der Waals surface area (Å²) in [5.74, 6) is -1.38. The van der Waals surface area contributed by atoms with Gasteiger partial charge in [-0.25, -0.2) is 12.7 Å². The molecular weight excluding hydrogens is 382 g/mol. The summed E-state index contributed by atoms with van der Waals surface area (Å²) < 4.78 is 25.3. The van der Waals surface area contributed by atoms with Crippen LogP contribution in [0.15, 0.2) is 59.5 Å². The van der Waals surface area contributed by atoms with Crippen LogP contribution in [0.5, 0.6) is 0 Å². The SMILES string of the molecule is CN(C)S(=O)(=O)c1cccc(C(=O)NNC(=O)CCC(=O)c2ccccc2)c1. The van der Waals surface area contributed by atoms with E-state index in [1.807, 2.05) is 0 Å². The van der Waals surface area contributed by atoms with Crippen LogP contribution in [0.25, 0.3) is 0 Å². The van der Waals surface area contributed by atoms with Crippen molar-refractivity contribution in [3.63, 3.8) is 0 Å². The molecule has 8 nitrogen and oxygen atoms in total. The summed E-state index contributed by atoms with van der Waals surface area (Å²) in [5, 5.41) is 0. The number of nitrogens with zero attached hydrogens (tertiary/aromatic N) is 1. The van der Waals surface area contributed by atoms with E-state index >= 15 is 0 Å². The second-order valence-electron chi connectivity index (χ2n) is 6.11. The zero-order chi connectivity index (χ0) is 20.7. The van der Waals surface area contributed by atoms with Gasteiger partial charge in [0.05, 0.1) is 4.90 Å². The summed E-state index contributed by atoms with van der Waals surface area (Å²) in [4.78, 5) is 35.9. The lowest BCUT2D eigenvalue weighted by Gasteiger charge is -2.12. The molecule has 0 radical (unpaired) electrons. The first-order valence-corrected chi connectivity index (χ1v) is 9.86. The number of ketones is 1. The number of nitrogens with one attached hydrogen (secondary N) is 2. The van der Waals surface area contributed by atoms with E-state index < -0.39 is 21.8 Å². The fourth-order valence-electron chi connectivity index (χ4n) is 2.27. The van der Waals surface area contributed by atoms with Crippen LogP contribution in [-0.2, 0) is 14.8 Å². The summed E-state index contributed by atoms with van der Waals surface area (Å²) in [5.41, 5.74) is 5.02. The number of hydrogen-bond donors (Lipinski definition) is 2. The first-order chi connectivity index (χ1) is 13.2. The Morgan fingerprint density at radius 1 is 0.857 bits per heavy atom. The largest absolute Gasteiger partial charge is 0.294 e. The van der Waals surface area contributed by atoms with E-state index in [0.29, 0.717) is 5.56 Å². The minimum atomic E-state index is -3.68. The molecule has 2 N–H and O–H groups in total. The van der Waals surface area contributed by atoms with Gasteiger partial charge in [-0.3, -0.25) is 25.2 Å². The molecule has 0 aliphatic rings. The van der Waals surface area contributed by atoms with E-state index in [9.17, 15) is 22.8 Å². The minimum Gasteiger partial charge on any atom is -0.294 e. The van der Waals surface area contributed by atoms with Gasteiger partial charge in [0.2, 0.25) is 15.9 Å². The van der Waals surface area contributed by atoms with Crippen molar-refractivity contribution in [1.82, 2.24) is 15.2 Å². The fourth-order valence-corrected chi connectivity index (χ4v) is 3.21. The van der Waals surface area contributed by atoms with Gasteiger partial charge in [0, 0.05) is 38.1 Å². The highest BCUT2D eigenvalue weighted by atomic mass is 32.2. The number of carbonyl (C=O) groups is 3. The average Bonchev–Trinajstić information content (AvgIpc) is 2.70. The van der Waals surface area contributed by atoms with Crippen molar-refractivity contribution in [2.75, 3.05) is 14.1 Å². The lowest BCUT2D eigenvalue weighted by atomic mass is 10.1. The van der Waals surface area contributed by atoms with Crippen LogP contribution in [0.3, 0.4) is 0 Å². The zero-order valence-electron chi connectivity index (χ0n) is 15.5. The van der Waals surface area contributed by atoms with E-state index in [4.69, 9.17) is 0 Å². The Morgan fingerprint density at radius 3 is 2.14 bits per heavy atom. The van der Waals surface area contributed by atoms with Gasteiger partial charge in [0.25, 0.3) is 5.91 Å². The Labute approximate surface area is 163 Å². The lowest BCUT2D eigenvalue weighted by Crippen LogP contribution is -2.41. The van der Waals surface area contributed by atoms with Gasteiger partial charge in [-0.2, -0.15) is 0 Å². The van der Waals surface area contributed by atoms with E-state index in [-0.39, 0.29) is 29.1 Å². The summed E-state index contributed by atoms with van der Waals surface area (Å²) in [6.07, 6.45) is -0.0919.